The number of nitrogens with zero attached hydrogens (tertiary/aromatic N) is 1. The number of rotatable bonds is 9. The Morgan fingerprint density at radius 2 is 2.00 bits per heavy atom. The summed E-state index contributed by atoms with van der Waals surface area (Å²) >= 11 is 1.02. The number of carbonyl (C=O) groups excluding carboxylic acids is 1. The first-order valence-corrected chi connectivity index (χ1v) is 13.2. The largest absolute Gasteiger partial charge is 0.470 e. The second-order valence-electron chi connectivity index (χ2n) is 8.37. The molecule has 11 nitrogen and oxygen atoms in total. The number of carbonyl (C=O) groups is 1. The number of aliphatic hydroxyl groups excluding tert-OH is 3. The Balaban J connectivity index is 2.15. The maximum absolute atomic E-state index is 13.0. The molecule has 6 N–H and O–H groups in total. The molecule has 0 saturated carbocycles. The Kier molecular flexibility index (Phi) is 9.78. The van der Waals surface area contributed by atoms with Crippen LogP contribution in [0.25, 0.3) is 0 Å². The smallest absolute Gasteiger partial charge is 0.391 e. The van der Waals surface area contributed by atoms with Gasteiger partial charge in [-0.2, -0.15) is 0 Å². The van der Waals surface area contributed by atoms with Gasteiger partial charge in [-0.1, -0.05) is 13.3 Å². The van der Waals surface area contributed by atoms with E-state index in [-0.39, 0.29) is 11.9 Å². The molecule has 2 fully saturated rings. The molecule has 0 unspecified atom stereocenters. The van der Waals surface area contributed by atoms with Crippen molar-refractivity contribution in [1.82, 2.24) is 10.2 Å². The zero-order chi connectivity index (χ0) is 23.5. The molecule has 1 amide bonds. The molecule has 13 heteroatoms. The molecule has 0 radical (unpaired) electrons. The molecule has 2 aliphatic heterocycles. The van der Waals surface area contributed by atoms with E-state index in [1.54, 1.807) is 6.26 Å². The van der Waals surface area contributed by atoms with Crippen molar-refractivity contribution in [3.8, 4) is 0 Å². The topological polar surface area (TPSA) is 169 Å². The highest BCUT2D eigenvalue weighted by atomic mass is 32.2. The van der Waals surface area contributed by atoms with Crippen molar-refractivity contribution in [2.24, 2.45) is 5.92 Å². The highest BCUT2D eigenvalue weighted by Gasteiger charge is 2.51. The third-order valence-corrected chi connectivity index (χ3v) is 7.25. The van der Waals surface area contributed by atoms with Crippen LogP contribution in [0.4, 0.5) is 0 Å². The lowest BCUT2D eigenvalue weighted by Crippen LogP contribution is -2.66. The molecule has 0 spiro atoms. The van der Waals surface area contributed by atoms with Gasteiger partial charge in [0.05, 0.1) is 18.2 Å². The van der Waals surface area contributed by atoms with Gasteiger partial charge in [0.1, 0.15) is 29.9 Å². The van der Waals surface area contributed by atoms with Crippen LogP contribution in [-0.2, 0) is 18.6 Å². The lowest BCUT2D eigenvalue weighted by molar-refractivity contribution is -0.207. The third-order valence-electron chi connectivity index (χ3n) is 5.89. The van der Waals surface area contributed by atoms with Crippen LogP contribution in [0.2, 0.25) is 0 Å². The summed E-state index contributed by atoms with van der Waals surface area (Å²) in [5.74, 6) is 0.0899. The molecule has 2 rings (SSSR count). The van der Waals surface area contributed by atoms with Gasteiger partial charge in [-0.15, -0.1) is 11.8 Å². The normalized spacial score (nSPS) is 36.9. The molecule has 0 aromatic rings. The van der Waals surface area contributed by atoms with E-state index >= 15 is 0 Å². The number of phosphoric ester groups is 1. The van der Waals surface area contributed by atoms with Crippen LogP contribution in [0.5, 0.6) is 0 Å². The Bertz CT molecular complexity index is 650. The highest BCUT2D eigenvalue weighted by molar-refractivity contribution is 7.99. The minimum Gasteiger partial charge on any atom is -0.391 e. The standard InChI is InChI=1S/C18H35N2O9PS/c1-5-6-10-7-11(20(3)8-10)17(24)19-12(9(2)21)15-13(22)14(23)16(18(28-15)31-4)29-30(25,26)27/h9-16,18,21-23H,5-8H2,1-4H3,(H,19,24)(H2,25,26,27)/t9-,10-,11+,12-,13-,14+,15-,16-,18-/m1/s1. The average Bonchev–Trinajstić information content (AvgIpc) is 3.03. The molecular weight excluding hydrogens is 451 g/mol. The number of nitrogens with one attached hydrogen (secondary N) is 1. The van der Waals surface area contributed by atoms with Gasteiger partial charge in [0.2, 0.25) is 5.91 Å². The summed E-state index contributed by atoms with van der Waals surface area (Å²) in [4.78, 5) is 33.1. The number of thioether (sulfide) groups is 1. The Morgan fingerprint density at radius 3 is 2.52 bits per heavy atom. The lowest BCUT2D eigenvalue weighted by Gasteiger charge is -2.45. The summed E-state index contributed by atoms with van der Waals surface area (Å²) in [6.45, 7) is 4.32. The second kappa shape index (κ2) is 11.2. The predicted octanol–water partition coefficient (Wildman–Crippen LogP) is -0.740. The van der Waals surface area contributed by atoms with Crippen molar-refractivity contribution < 1.29 is 43.7 Å². The van der Waals surface area contributed by atoms with Gasteiger partial charge < -0.3 is 35.2 Å². The predicted molar refractivity (Wildman–Crippen MR) is 114 cm³/mol. The number of likely N-dealkylation sites (N-methyl/N-ethyl adjacent to an activating group) is 1. The van der Waals surface area contributed by atoms with Gasteiger partial charge in [-0.05, 0) is 39.0 Å². The van der Waals surface area contributed by atoms with Crippen LogP contribution in [0, 0.1) is 5.92 Å². The molecule has 0 aliphatic carbocycles. The fourth-order valence-corrected chi connectivity index (χ4v) is 5.75. The van der Waals surface area contributed by atoms with Crippen LogP contribution in [-0.4, -0.2) is 104 Å². The second-order valence-corrected chi connectivity index (χ2v) is 10.5. The first kappa shape index (κ1) is 27.0. The van der Waals surface area contributed by atoms with Crippen molar-refractivity contribution >= 4 is 25.5 Å². The van der Waals surface area contributed by atoms with E-state index in [4.69, 9.17) is 14.5 Å². The molecular formula is C18H35N2O9PS. The van der Waals surface area contributed by atoms with Gasteiger partial charge >= 0.3 is 7.82 Å². The Morgan fingerprint density at radius 1 is 1.35 bits per heavy atom. The van der Waals surface area contributed by atoms with E-state index in [9.17, 15) is 24.7 Å². The minimum absolute atomic E-state index is 0.313. The highest BCUT2D eigenvalue weighted by Crippen LogP contribution is 2.43. The molecule has 2 heterocycles. The summed E-state index contributed by atoms with van der Waals surface area (Å²) < 4.78 is 21.6. The third kappa shape index (κ3) is 6.86. The number of amides is 1. The minimum atomic E-state index is -4.96. The first-order chi connectivity index (χ1) is 14.4. The fraction of sp³-hybridized carbons (Fsp3) is 0.944. The van der Waals surface area contributed by atoms with Crippen molar-refractivity contribution in [3.63, 3.8) is 0 Å². The summed E-state index contributed by atoms with van der Waals surface area (Å²) in [6.07, 6.45) is -2.90. The van der Waals surface area contributed by atoms with Gasteiger partial charge in [0, 0.05) is 6.54 Å². The van der Waals surface area contributed by atoms with Crippen molar-refractivity contribution in [3.05, 3.63) is 0 Å². The molecule has 0 aromatic heterocycles. The number of hydrogen-bond donors (Lipinski definition) is 6. The lowest BCUT2D eigenvalue weighted by atomic mass is 9.92. The van der Waals surface area contributed by atoms with Crippen molar-refractivity contribution in [2.75, 3.05) is 19.8 Å². The molecule has 31 heavy (non-hydrogen) atoms. The van der Waals surface area contributed by atoms with Crippen LogP contribution < -0.4 is 5.32 Å². The maximum Gasteiger partial charge on any atom is 0.470 e. The van der Waals surface area contributed by atoms with E-state index in [1.807, 2.05) is 11.9 Å². The summed E-state index contributed by atoms with van der Waals surface area (Å²) in [6, 6.07) is -1.44. The molecule has 2 saturated heterocycles. The van der Waals surface area contributed by atoms with Crippen LogP contribution in [0.15, 0.2) is 0 Å². The van der Waals surface area contributed by atoms with Gasteiger partial charge in [0.25, 0.3) is 0 Å². The zero-order valence-corrected chi connectivity index (χ0v) is 19.9. The first-order valence-electron chi connectivity index (χ1n) is 10.4. The van der Waals surface area contributed by atoms with Crippen molar-refractivity contribution in [2.45, 2.75) is 81.1 Å². The zero-order valence-electron chi connectivity index (χ0n) is 18.2. The van der Waals surface area contributed by atoms with E-state index in [1.165, 1.54) is 6.92 Å². The molecule has 9 atom stereocenters. The van der Waals surface area contributed by atoms with E-state index in [2.05, 4.69) is 16.8 Å². The number of likely N-dealkylation sites (tertiary alicyclic amines) is 1. The number of ether oxygens (including phenoxy) is 1. The van der Waals surface area contributed by atoms with Crippen LogP contribution in [0.1, 0.15) is 33.1 Å². The average molecular weight is 487 g/mol. The molecule has 182 valence electrons. The molecule has 2 aliphatic rings. The van der Waals surface area contributed by atoms with Crippen LogP contribution in [0.3, 0.4) is 0 Å². The number of phosphoric acid groups is 1. The van der Waals surface area contributed by atoms with Crippen LogP contribution >= 0.6 is 19.6 Å². The quantitative estimate of drug-likeness (QED) is 0.227. The van der Waals surface area contributed by atoms with Gasteiger partial charge in [-0.25, -0.2) is 4.57 Å². The van der Waals surface area contributed by atoms with E-state index in [0.29, 0.717) is 12.3 Å². The van der Waals surface area contributed by atoms with E-state index < -0.39 is 49.8 Å². The summed E-state index contributed by atoms with van der Waals surface area (Å²) in [7, 11) is -3.09. The molecule has 0 aromatic carbocycles. The maximum atomic E-state index is 13.0. The fourth-order valence-electron chi connectivity index (χ4n) is 4.39. The number of hydrogen-bond acceptors (Lipinski definition) is 9. The van der Waals surface area contributed by atoms with Crippen molar-refractivity contribution in [1.29, 1.82) is 0 Å². The monoisotopic (exact) mass is 486 g/mol. The SMILES string of the molecule is CCC[C@@H]1C[C@@H](C(=O)N[C@@H]([C@H]2O[C@H](SC)[C@H](OP(=O)(O)O)[C@@H](O)[C@H]2O)[C@@H](C)O)N(C)C1. The van der Waals surface area contributed by atoms with Gasteiger partial charge in [-0.3, -0.25) is 14.2 Å². The summed E-state index contributed by atoms with van der Waals surface area (Å²) in [5, 5.41) is 34.1. The number of aliphatic hydroxyl groups is 3. The molecule has 0 bridgehead atoms. The summed E-state index contributed by atoms with van der Waals surface area (Å²) in [5.41, 5.74) is -1.04. The van der Waals surface area contributed by atoms with E-state index in [0.717, 1.165) is 31.1 Å². The van der Waals surface area contributed by atoms with Gasteiger partial charge in [0.15, 0.2) is 0 Å². The Labute approximate surface area is 186 Å². The Hall–Kier alpha value is -0.270.